The summed E-state index contributed by atoms with van der Waals surface area (Å²) in [6, 6.07) is 10.6. The van der Waals surface area contributed by atoms with Gasteiger partial charge in [0.2, 0.25) is 0 Å². The molecule has 2 rings (SSSR count). The second kappa shape index (κ2) is 9.85. The third-order valence-electron chi connectivity index (χ3n) is 3.92. The lowest BCUT2D eigenvalue weighted by Crippen LogP contribution is -2.22. The zero-order valence-electron chi connectivity index (χ0n) is 16.4. The molecule has 7 heteroatoms. The largest absolute Gasteiger partial charge is 0.462 e. The lowest BCUT2D eigenvalue weighted by Gasteiger charge is -2.16. The van der Waals surface area contributed by atoms with E-state index < -0.39 is 11.9 Å². The Bertz CT molecular complexity index is 896. The maximum Gasteiger partial charge on any atom is 0.340 e. The van der Waals surface area contributed by atoms with Crippen LogP contribution in [-0.2, 0) is 9.47 Å². The fraction of sp³-hybridized carbons (Fsp3) is 0.286. The van der Waals surface area contributed by atoms with Gasteiger partial charge >= 0.3 is 11.9 Å². The Hall–Kier alpha value is -2.93. The molecule has 0 saturated carbocycles. The van der Waals surface area contributed by atoms with E-state index in [1.165, 1.54) is 18.2 Å². The Morgan fingerprint density at radius 2 is 1.54 bits per heavy atom. The van der Waals surface area contributed by atoms with E-state index >= 15 is 0 Å². The fourth-order valence-corrected chi connectivity index (χ4v) is 2.74. The highest BCUT2D eigenvalue weighted by molar-refractivity contribution is 7.80. The summed E-state index contributed by atoms with van der Waals surface area (Å²) in [4.78, 5) is 24.3. The molecular formula is C21H24N2O4S. The van der Waals surface area contributed by atoms with E-state index in [1.807, 2.05) is 32.0 Å². The molecule has 148 valence electrons. The number of hydrogen-bond donors (Lipinski definition) is 2. The van der Waals surface area contributed by atoms with Crippen LogP contribution in [-0.4, -0.2) is 30.3 Å². The summed E-state index contributed by atoms with van der Waals surface area (Å²) in [5.74, 6) is -0.982. The number of rotatable bonds is 6. The highest BCUT2D eigenvalue weighted by Gasteiger charge is 2.17. The number of anilines is 2. The van der Waals surface area contributed by atoms with E-state index in [9.17, 15) is 9.59 Å². The zero-order chi connectivity index (χ0) is 20.7. The van der Waals surface area contributed by atoms with Crippen LogP contribution in [0.4, 0.5) is 11.4 Å². The summed E-state index contributed by atoms with van der Waals surface area (Å²) in [6.45, 7) is 7.91. The average molecular weight is 401 g/mol. The van der Waals surface area contributed by atoms with Crippen molar-refractivity contribution in [3.63, 3.8) is 0 Å². The molecule has 0 amide bonds. The number of thiocarbonyl (C=S) groups is 1. The molecule has 0 aliphatic carbocycles. The van der Waals surface area contributed by atoms with Crippen LogP contribution in [0, 0.1) is 13.8 Å². The predicted octanol–water partition coefficient (Wildman–Crippen LogP) is 4.47. The summed E-state index contributed by atoms with van der Waals surface area (Å²) in [5, 5.41) is 6.41. The van der Waals surface area contributed by atoms with Crippen molar-refractivity contribution in [1.82, 2.24) is 0 Å². The number of aryl methyl sites for hydroxylation is 2. The predicted molar refractivity (Wildman–Crippen MR) is 114 cm³/mol. The van der Waals surface area contributed by atoms with Gasteiger partial charge < -0.3 is 20.1 Å². The Balaban J connectivity index is 2.30. The maximum atomic E-state index is 12.3. The number of benzene rings is 2. The van der Waals surface area contributed by atoms with Gasteiger partial charge in [-0.1, -0.05) is 12.1 Å². The molecule has 0 saturated heterocycles. The average Bonchev–Trinajstić information content (AvgIpc) is 2.65. The van der Waals surface area contributed by atoms with Gasteiger partial charge in [-0.2, -0.15) is 0 Å². The van der Waals surface area contributed by atoms with Gasteiger partial charge in [-0.25, -0.2) is 9.59 Å². The monoisotopic (exact) mass is 400 g/mol. The number of nitrogens with one attached hydrogen (secondary N) is 2. The molecular weight excluding hydrogens is 376 g/mol. The van der Waals surface area contributed by atoms with Gasteiger partial charge in [0.25, 0.3) is 0 Å². The van der Waals surface area contributed by atoms with Gasteiger partial charge in [0.05, 0.1) is 30.0 Å². The van der Waals surface area contributed by atoms with Gasteiger partial charge in [0.1, 0.15) is 0 Å². The first-order valence-electron chi connectivity index (χ1n) is 8.99. The molecule has 6 nitrogen and oxygen atoms in total. The molecule has 2 aromatic rings. The molecule has 28 heavy (non-hydrogen) atoms. The molecule has 0 aromatic heterocycles. The van der Waals surface area contributed by atoms with Crippen LogP contribution >= 0.6 is 12.2 Å². The highest BCUT2D eigenvalue weighted by Crippen LogP contribution is 2.22. The smallest absolute Gasteiger partial charge is 0.340 e. The van der Waals surface area contributed by atoms with Gasteiger partial charge in [-0.3, -0.25) is 0 Å². The minimum absolute atomic E-state index is 0.239. The van der Waals surface area contributed by atoms with Crippen LogP contribution in [0.5, 0.6) is 0 Å². The molecule has 0 aliphatic rings. The highest BCUT2D eigenvalue weighted by atomic mass is 32.1. The second-order valence-electron chi connectivity index (χ2n) is 6.10. The number of carbonyl (C=O) groups is 2. The second-order valence-corrected chi connectivity index (χ2v) is 6.51. The first-order chi connectivity index (χ1) is 13.3. The molecule has 0 fully saturated rings. The van der Waals surface area contributed by atoms with E-state index in [2.05, 4.69) is 10.6 Å². The Labute approximate surface area is 170 Å². The molecule has 0 bridgehead atoms. The summed E-state index contributed by atoms with van der Waals surface area (Å²) in [7, 11) is 0. The summed E-state index contributed by atoms with van der Waals surface area (Å²) < 4.78 is 10.1. The molecule has 0 aliphatic heterocycles. The molecule has 2 aromatic carbocycles. The van der Waals surface area contributed by atoms with E-state index in [4.69, 9.17) is 21.7 Å². The summed E-state index contributed by atoms with van der Waals surface area (Å²) >= 11 is 5.40. The van der Waals surface area contributed by atoms with Crippen molar-refractivity contribution in [3.05, 3.63) is 58.7 Å². The Morgan fingerprint density at radius 3 is 2.21 bits per heavy atom. The van der Waals surface area contributed by atoms with Crippen molar-refractivity contribution in [2.45, 2.75) is 27.7 Å². The number of carbonyl (C=O) groups excluding carboxylic acids is 2. The summed E-state index contributed by atoms with van der Waals surface area (Å²) in [5.41, 5.74) is 3.93. The third-order valence-corrected chi connectivity index (χ3v) is 4.12. The fourth-order valence-electron chi connectivity index (χ4n) is 2.52. The van der Waals surface area contributed by atoms with Crippen molar-refractivity contribution >= 4 is 40.6 Å². The molecule has 2 N–H and O–H groups in total. The molecule has 0 spiro atoms. The van der Waals surface area contributed by atoms with Crippen LogP contribution in [0.1, 0.15) is 45.7 Å². The number of hydrogen-bond acceptors (Lipinski definition) is 5. The lowest BCUT2D eigenvalue weighted by molar-refractivity contribution is 0.0512. The number of esters is 2. The van der Waals surface area contributed by atoms with Crippen molar-refractivity contribution in [3.8, 4) is 0 Å². The van der Waals surface area contributed by atoms with Crippen molar-refractivity contribution < 1.29 is 19.1 Å². The van der Waals surface area contributed by atoms with Crippen LogP contribution in [0.2, 0.25) is 0 Å². The third kappa shape index (κ3) is 5.53. The van der Waals surface area contributed by atoms with Crippen molar-refractivity contribution in [2.24, 2.45) is 0 Å². The van der Waals surface area contributed by atoms with Crippen LogP contribution < -0.4 is 10.6 Å². The maximum absolute atomic E-state index is 12.3. The first-order valence-corrected chi connectivity index (χ1v) is 9.40. The van der Waals surface area contributed by atoms with Gasteiger partial charge in [-0.15, -0.1) is 0 Å². The van der Waals surface area contributed by atoms with E-state index in [-0.39, 0.29) is 18.8 Å². The van der Waals surface area contributed by atoms with Crippen molar-refractivity contribution in [2.75, 3.05) is 23.8 Å². The van der Waals surface area contributed by atoms with Gasteiger partial charge in [0.15, 0.2) is 5.11 Å². The van der Waals surface area contributed by atoms with E-state index in [0.717, 1.165) is 16.8 Å². The Morgan fingerprint density at radius 1 is 0.893 bits per heavy atom. The normalized spacial score (nSPS) is 10.1. The molecule has 0 unspecified atom stereocenters. The SMILES string of the molecule is CCOC(=O)c1ccc(C(=O)OCC)c(NC(=S)Nc2cc(C)ccc2C)c1. The minimum atomic E-state index is -0.505. The van der Waals surface area contributed by atoms with Gasteiger partial charge in [0, 0.05) is 5.69 Å². The van der Waals surface area contributed by atoms with E-state index in [1.54, 1.807) is 13.8 Å². The minimum Gasteiger partial charge on any atom is -0.462 e. The summed E-state index contributed by atoms with van der Waals surface area (Å²) in [6.07, 6.45) is 0. The van der Waals surface area contributed by atoms with Crippen LogP contribution in [0.3, 0.4) is 0 Å². The zero-order valence-corrected chi connectivity index (χ0v) is 17.2. The van der Waals surface area contributed by atoms with Crippen LogP contribution in [0.25, 0.3) is 0 Å². The quantitative estimate of drug-likeness (QED) is 0.547. The first kappa shape index (κ1) is 21.4. The molecule has 0 heterocycles. The standard InChI is InChI=1S/C21H24N2O4S/c1-5-26-19(24)15-9-10-16(20(25)27-6-2)18(12-15)23-21(28)22-17-11-13(3)7-8-14(17)4/h7-12H,5-6H2,1-4H3,(H2,22,23,28). The van der Waals surface area contributed by atoms with E-state index in [0.29, 0.717) is 16.4 Å². The molecule has 0 radical (unpaired) electrons. The van der Waals surface area contributed by atoms with Gasteiger partial charge in [-0.05, 0) is 75.3 Å². The number of ether oxygens (including phenoxy) is 2. The molecule has 0 atom stereocenters. The lowest BCUT2D eigenvalue weighted by atomic mass is 10.1. The van der Waals surface area contributed by atoms with Crippen molar-refractivity contribution in [1.29, 1.82) is 0 Å². The van der Waals surface area contributed by atoms with Crippen LogP contribution in [0.15, 0.2) is 36.4 Å². The Kier molecular flexibility index (Phi) is 7.52. The topological polar surface area (TPSA) is 76.7 Å².